The van der Waals surface area contributed by atoms with E-state index in [0.717, 1.165) is 39.6 Å². The molecule has 2 rings (SSSR count). The van der Waals surface area contributed by atoms with Crippen LogP contribution in [0.15, 0.2) is 18.2 Å². The lowest BCUT2D eigenvalue weighted by atomic mass is 10.0. The molecule has 1 atom stereocenters. The van der Waals surface area contributed by atoms with Gasteiger partial charge in [0.1, 0.15) is 5.75 Å². The molecular weight excluding hydrogens is 392 g/mol. The van der Waals surface area contributed by atoms with Crippen LogP contribution in [0.3, 0.4) is 0 Å². The average molecular weight is 413 g/mol. The molecule has 1 aromatic heterocycles. The lowest BCUT2D eigenvalue weighted by Crippen LogP contribution is -2.16. The molecular formula is C18H21BrO4S. The second-order valence-electron chi connectivity index (χ2n) is 5.66. The highest BCUT2D eigenvalue weighted by Crippen LogP contribution is 2.33. The van der Waals surface area contributed by atoms with Gasteiger partial charge in [-0.15, -0.1) is 11.3 Å². The Morgan fingerprint density at radius 2 is 2.00 bits per heavy atom. The maximum absolute atomic E-state index is 12.4. The van der Waals surface area contributed by atoms with Gasteiger partial charge in [-0.3, -0.25) is 9.59 Å². The zero-order chi connectivity index (χ0) is 17.7. The van der Waals surface area contributed by atoms with E-state index in [0.29, 0.717) is 4.88 Å². The molecule has 0 amide bonds. The highest BCUT2D eigenvalue weighted by Gasteiger charge is 2.20. The first kappa shape index (κ1) is 18.9. The average Bonchev–Trinajstić information content (AvgIpc) is 3.00. The summed E-state index contributed by atoms with van der Waals surface area (Å²) < 4.78 is 11.2. The topological polar surface area (TPSA) is 52.6 Å². The number of hydrogen-bond acceptors (Lipinski definition) is 5. The number of Topliss-reactive ketones (excluding diaryl/α,β-unsaturated/α-hetero) is 1. The summed E-state index contributed by atoms with van der Waals surface area (Å²) in [7, 11) is 3.00. The van der Waals surface area contributed by atoms with E-state index in [1.807, 2.05) is 12.1 Å². The molecule has 0 fully saturated rings. The first-order chi connectivity index (χ1) is 11.5. The number of thiophene rings is 1. The zero-order valence-corrected chi connectivity index (χ0v) is 16.5. The monoisotopic (exact) mass is 412 g/mol. The molecule has 1 heterocycles. The minimum atomic E-state index is -0.434. The van der Waals surface area contributed by atoms with Crippen molar-refractivity contribution in [2.45, 2.75) is 26.2 Å². The summed E-state index contributed by atoms with van der Waals surface area (Å²) in [6.45, 7) is 1.71. The molecule has 0 N–H and O–H groups in total. The smallest absolute Gasteiger partial charge is 0.308 e. The first-order valence-corrected chi connectivity index (χ1v) is 9.71. The quantitative estimate of drug-likeness (QED) is 0.360. The normalized spacial score (nSPS) is 12.2. The van der Waals surface area contributed by atoms with Gasteiger partial charge in [0.15, 0.2) is 5.78 Å². The van der Waals surface area contributed by atoms with E-state index in [-0.39, 0.29) is 18.2 Å². The van der Waals surface area contributed by atoms with Crippen LogP contribution in [0.5, 0.6) is 5.75 Å². The lowest BCUT2D eigenvalue weighted by molar-refractivity contribution is -0.144. The summed E-state index contributed by atoms with van der Waals surface area (Å²) >= 11 is 4.88. The predicted molar refractivity (Wildman–Crippen MR) is 101 cm³/mol. The molecule has 1 unspecified atom stereocenters. The van der Waals surface area contributed by atoms with Gasteiger partial charge in [0.25, 0.3) is 0 Å². The van der Waals surface area contributed by atoms with E-state index >= 15 is 0 Å². The van der Waals surface area contributed by atoms with Gasteiger partial charge in [-0.05, 0) is 42.0 Å². The number of carbonyl (C=O) groups is 2. The molecule has 0 saturated heterocycles. The van der Waals surface area contributed by atoms with E-state index < -0.39 is 5.92 Å². The van der Waals surface area contributed by atoms with Crippen LogP contribution in [-0.4, -0.2) is 31.3 Å². The molecule has 4 nitrogen and oxygen atoms in total. The molecule has 0 saturated carbocycles. The fourth-order valence-electron chi connectivity index (χ4n) is 2.56. The van der Waals surface area contributed by atoms with Gasteiger partial charge in [0, 0.05) is 16.5 Å². The standard InChI is InChI=1S/C18H21BrO4S/c1-11(18(21)23-3)7-14(20)17-9-13-8-12(5-4-6-19)15(22-2)10-16(13)24-17/h8-11H,4-7H2,1-3H3. The summed E-state index contributed by atoms with van der Waals surface area (Å²) in [6.07, 6.45) is 2.10. The number of hydrogen-bond donors (Lipinski definition) is 0. The number of fused-ring (bicyclic) bond motifs is 1. The van der Waals surface area contributed by atoms with E-state index in [1.165, 1.54) is 18.4 Å². The summed E-state index contributed by atoms with van der Waals surface area (Å²) in [5.74, 6) is 0.0298. The third-order valence-corrected chi connectivity index (χ3v) is 5.57. The molecule has 1 aromatic carbocycles. The van der Waals surface area contributed by atoms with Gasteiger partial charge in [-0.25, -0.2) is 0 Å². The summed E-state index contributed by atoms with van der Waals surface area (Å²) in [5, 5.41) is 1.98. The Bertz CT molecular complexity index is 738. The number of rotatable bonds is 8. The van der Waals surface area contributed by atoms with Gasteiger partial charge in [-0.2, -0.15) is 0 Å². The van der Waals surface area contributed by atoms with Crippen molar-refractivity contribution < 1.29 is 19.1 Å². The largest absolute Gasteiger partial charge is 0.496 e. The number of halogens is 1. The van der Waals surface area contributed by atoms with Crippen molar-refractivity contribution in [3.05, 3.63) is 28.6 Å². The van der Waals surface area contributed by atoms with E-state index in [2.05, 4.69) is 26.7 Å². The van der Waals surface area contributed by atoms with Crippen LogP contribution in [-0.2, 0) is 16.0 Å². The summed E-state index contributed by atoms with van der Waals surface area (Å²) in [6, 6.07) is 5.99. The van der Waals surface area contributed by atoms with Crippen molar-refractivity contribution in [1.82, 2.24) is 0 Å². The zero-order valence-electron chi connectivity index (χ0n) is 14.1. The first-order valence-electron chi connectivity index (χ1n) is 7.77. The van der Waals surface area contributed by atoms with Crippen molar-refractivity contribution in [1.29, 1.82) is 0 Å². The van der Waals surface area contributed by atoms with Gasteiger partial charge < -0.3 is 9.47 Å². The Hall–Kier alpha value is -1.40. The molecule has 24 heavy (non-hydrogen) atoms. The van der Waals surface area contributed by atoms with E-state index in [4.69, 9.17) is 4.74 Å². The Kier molecular flexibility index (Phi) is 6.80. The molecule has 2 aromatic rings. The molecule has 130 valence electrons. The van der Waals surface area contributed by atoms with Gasteiger partial charge >= 0.3 is 5.97 Å². The third kappa shape index (κ3) is 4.36. The fraction of sp³-hybridized carbons (Fsp3) is 0.444. The van der Waals surface area contributed by atoms with Crippen molar-refractivity contribution in [3.63, 3.8) is 0 Å². The van der Waals surface area contributed by atoms with E-state index in [9.17, 15) is 9.59 Å². The molecule has 0 aliphatic heterocycles. The molecule has 6 heteroatoms. The number of benzene rings is 1. The van der Waals surface area contributed by atoms with Crippen LogP contribution in [0.1, 0.15) is 35.0 Å². The third-order valence-electron chi connectivity index (χ3n) is 3.87. The highest BCUT2D eigenvalue weighted by atomic mass is 79.9. The number of aryl methyl sites for hydroxylation is 1. The van der Waals surface area contributed by atoms with E-state index in [1.54, 1.807) is 14.0 Å². The van der Waals surface area contributed by atoms with Crippen molar-refractivity contribution >= 4 is 49.1 Å². The van der Waals surface area contributed by atoms with Crippen LogP contribution < -0.4 is 4.74 Å². The number of methoxy groups -OCH3 is 2. The van der Waals surface area contributed by atoms with Crippen molar-refractivity contribution in [2.24, 2.45) is 5.92 Å². The van der Waals surface area contributed by atoms with Crippen LogP contribution in [0.25, 0.3) is 10.1 Å². The van der Waals surface area contributed by atoms with Crippen LogP contribution in [0.2, 0.25) is 0 Å². The second-order valence-corrected chi connectivity index (χ2v) is 7.53. The number of esters is 1. The molecule has 0 radical (unpaired) electrons. The Morgan fingerprint density at radius 3 is 2.62 bits per heavy atom. The van der Waals surface area contributed by atoms with Crippen LogP contribution in [0, 0.1) is 5.92 Å². The maximum Gasteiger partial charge on any atom is 0.308 e. The molecule has 0 aliphatic carbocycles. The van der Waals surface area contributed by atoms with Gasteiger partial charge in [0.2, 0.25) is 0 Å². The Labute approximate surface area is 154 Å². The van der Waals surface area contributed by atoms with Crippen LogP contribution in [0.4, 0.5) is 0 Å². The maximum atomic E-state index is 12.4. The van der Waals surface area contributed by atoms with Gasteiger partial charge in [-0.1, -0.05) is 22.9 Å². The molecule has 0 aliphatic rings. The fourth-order valence-corrected chi connectivity index (χ4v) is 3.86. The number of carbonyl (C=O) groups excluding carboxylic acids is 2. The number of ketones is 1. The number of alkyl halides is 1. The summed E-state index contributed by atoms with van der Waals surface area (Å²) in [4.78, 5) is 24.6. The minimum absolute atomic E-state index is 0.0323. The Balaban J connectivity index is 2.26. The van der Waals surface area contributed by atoms with Crippen molar-refractivity contribution in [2.75, 3.05) is 19.5 Å². The molecule has 0 spiro atoms. The molecule has 0 bridgehead atoms. The lowest BCUT2D eigenvalue weighted by Gasteiger charge is -2.07. The highest BCUT2D eigenvalue weighted by molar-refractivity contribution is 9.09. The summed E-state index contributed by atoms with van der Waals surface area (Å²) in [5.41, 5.74) is 1.14. The number of ether oxygens (including phenoxy) is 2. The minimum Gasteiger partial charge on any atom is -0.496 e. The van der Waals surface area contributed by atoms with Crippen molar-refractivity contribution in [3.8, 4) is 5.75 Å². The van der Waals surface area contributed by atoms with Crippen LogP contribution >= 0.6 is 27.3 Å². The Morgan fingerprint density at radius 1 is 1.25 bits per heavy atom. The predicted octanol–water partition coefficient (Wildman–Crippen LogP) is 4.62. The SMILES string of the molecule is COC(=O)C(C)CC(=O)c1cc2cc(CCCBr)c(OC)cc2s1. The van der Waals surface area contributed by atoms with Gasteiger partial charge in [0.05, 0.1) is 25.0 Å². The second kappa shape index (κ2) is 8.62.